The van der Waals surface area contributed by atoms with E-state index in [1.165, 1.54) is 0 Å². The van der Waals surface area contributed by atoms with Gasteiger partial charge in [-0.25, -0.2) is 4.79 Å². The summed E-state index contributed by atoms with van der Waals surface area (Å²) >= 11 is 0. The maximum Gasteiger partial charge on any atom is 0.493 e. The van der Waals surface area contributed by atoms with Crippen molar-refractivity contribution in [2.45, 2.75) is 20.3 Å². The first-order valence-corrected chi connectivity index (χ1v) is 10.4. The Kier molecular flexibility index (Phi) is 6.63. The molecular formula is C24H23BN2O5. The van der Waals surface area contributed by atoms with Gasteiger partial charge in [-0.3, -0.25) is 0 Å². The van der Waals surface area contributed by atoms with Crippen molar-refractivity contribution in [1.82, 2.24) is 0 Å². The highest BCUT2D eigenvalue weighted by molar-refractivity contribution is 6.61. The number of ether oxygens (including phenoxy) is 1. The van der Waals surface area contributed by atoms with Crippen LogP contribution < -0.4 is 10.2 Å². The molecule has 32 heavy (non-hydrogen) atoms. The lowest BCUT2D eigenvalue weighted by molar-refractivity contribution is 0.0733. The van der Waals surface area contributed by atoms with Crippen LogP contribution in [0.3, 0.4) is 0 Å². The first kappa shape index (κ1) is 21.7. The van der Waals surface area contributed by atoms with E-state index in [0.29, 0.717) is 35.9 Å². The Labute approximate surface area is 186 Å². The average Bonchev–Trinajstić information content (AvgIpc) is 2.83. The fraction of sp³-hybridized carbons (Fsp3) is 0.208. The van der Waals surface area contributed by atoms with Gasteiger partial charge in [-0.2, -0.15) is 10.2 Å². The molecule has 0 bridgehead atoms. The molecular weight excluding hydrogens is 407 g/mol. The predicted octanol–water partition coefficient (Wildman–Crippen LogP) is 4.78. The minimum Gasteiger partial charge on any atom is -0.508 e. The van der Waals surface area contributed by atoms with Crippen LogP contribution in [-0.2, 0) is 9.31 Å². The van der Waals surface area contributed by atoms with Crippen molar-refractivity contribution >= 4 is 29.9 Å². The maximum atomic E-state index is 12.6. The van der Waals surface area contributed by atoms with E-state index >= 15 is 0 Å². The van der Waals surface area contributed by atoms with Crippen LogP contribution in [0.1, 0.15) is 27.9 Å². The molecule has 1 aliphatic rings. The number of phenolic OH excluding ortho intramolecular Hbond substituents is 1. The molecule has 7 nitrogen and oxygen atoms in total. The highest BCUT2D eigenvalue weighted by Crippen LogP contribution is 2.31. The zero-order chi connectivity index (χ0) is 22.5. The molecule has 0 aromatic heterocycles. The lowest BCUT2D eigenvalue weighted by Crippen LogP contribution is -2.40. The molecule has 0 radical (unpaired) electrons. The quantitative estimate of drug-likeness (QED) is 0.273. The lowest BCUT2D eigenvalue weighted by Gasteiger charge is -2.19. The van der Waals surface area contributed by atoms with Crippen LogP contribution in [0.2, 0.25) is 0 Å². The van der Waals surface area contributed by atoms with Gasteiger partial charge in [-0.1, -0.05) is 12.1 Å². The standard InChI is InChI=1S/C24H23BN2O5/c1-16-17(2)23(13-12-22(16)27-26-20-8-10-21(28)11-9-20)32-24(29)18-4-6-19(7-5-18)25-30-14-3-15-31-25/h4-13,28H,3,14-15H2,1-2H3/b27-26+. The second-order valence-electron chi connectivity index (χ2n) is 7.49. The van der Waals surface area contributed by atoms with Crippen molar-refractivity contribution in [2.75, 3.05) is 13.2 Å². The number of esters is 1. The summed E-state index contributed by atoms with van der Waals surface area (Å²) < 4.78 is 16.8. The Morgan fingerprint density at radius 1 is 0.906 bits per heavy atom. The molecule has 1 heterocycles. The van der Waals surface area contributed by atoms with E-state index in [1.807, 2.05) is 26.0 Å². The van der Waals surface area contributed by atoms with Crippen molar-refractivity contribution < 1.29 is 23.9 Å². The Morgan fingerprint density at radius 2 is 1.59 bits per heavy atom. The van der Waals surface area contributed by atoms with Gasteiger partial charge in [-0.15, -0.1) is 0 Å². The van der Waals surface area contributed by atoms with Gasteiger partial charge in [0, 0.05) is 13.2 Å². The van der Waals surface area contributed by atoms with Gasteiger partial charge in [0.15, 0.2) is 0 Å². The number of nitrogens with zero attached hydrogens (tertiary/aromatic N) is 2. The molecule has 0 saturated carbocycles. The van der Waals surface area contributed by atoms with Crippen molar-refractivity contribution in [3.8, 4) is 11.5 Å². The number of azo groups is 1. The minimum absolute atomic E-state index is 0.174. The summed E-state index contributed by atoms with van der Waals surface area (Å²) in [6.07, 6.45) is 0.886. The first-order chi connectivity index (χ1) is 15.5. The van der Waals surface area contributed by atoms with E-state index < -0.39 is 5.97 Å². The SMILES string of the molecule is Cc1c(/N=N/c2ccc(O)cc2)ccc(OC(=O)c2ccc(B3OCCCO3)cc2)c1C. The van der Waals surface area contributed by atoms with Crippen LogP contribution >= 0.6 is 0 Å². The minimum atomic E-state index is -0.442. The molecule has 1 N–H and O–H groups in total. The summed E-state index contributed by atoms with van der Waals surface area (Å²) in [6.45, 7) is 5.10. The van der Waals surface area contributed by atoms with Crippen LogP contribution in [-0.4, -0.2) is 31.4 Å². The monoisotopic (exact) mass is 430 g/mol. The maximum absolute atomic E-state index is 12.6. The summed E-state index contributed by atoms with van der Waals surface area (Å²) in [6, 6.07) is 17.0. The molecule has 1 aliphatic heterocycles. The third-order valence-corrected chi connectivity index (χ3v) is 5.28. The smallest absolute Gasteiger partial charge is 0.493 e. The normalized spacial score (nSPS) is 14.0. The summed E-state index contributed by atoms with van der Waals surface area (Å²) in [5.74, 6) is 0.203. The van der Waals surface area contributed by atoms with Gasteiger partial charge in [0.05, 0.1) is 16.9 Å². The molecule has 0 atom stereocenters. The molecule has 0 spiro atoms. The lowest BCUT2D eigenvalue weighted by atomic mass is 9.78. The van der Waals surface area contributed by atoms with Crippen LogP contribution in [0.15, 0.2) is 70.9 Å². The number of aromatic hydroxyl groups is 1. The van der Waals surface area contributed by atoms with Crippen LogP contribution in [0.25, 0.3) is 0 Å². The molecule has 0 aliphatic carbocycles. The zero-order valence-corrected chi connectivity index (χ0v) is 17.9. The molecule has 3 aromatic carbocycles. The Balaban J connectivity index is 1.45. The molecule has 0 amide bonds. The number of rotatable bonds is 5. The fourth-order valence-electron chi connectivity index (χ4n) is 3.25. The Bertz CT molecular complexity index is 1120. The van der Waals surface area contributed by atoms with E-state index in [1.54, 1.807) is 48.5 Å². The Morgan fingerprint density at radius 3 is 2.28 bits per heavy atom. The second kappa shape index (κ2) is 9.76. The molecule has 0 unspecified atom stereocenters. The second-order valence-corrected chi connectivity index (χ2v) is 7.49. The Hall–Kier alpha value is -3.49. The van der Waals surface area contributed by atoms with Gasteiger partial charge >= 0.3 is 13.1 Å². The highest BCUT2D eigenvalue weighted by atomic mass is 16.6. The number of benzene rings is 3. The van der Waals surface area contributed by atoms with E-state index in [9.17, 15) is 9.90 Å². The van der Waals surface area contributed by atoms with Gasteiger partial charge in [0.25, 0.3) is 0 Å². The fourth-order valence-corrected chi connectivity index (χ4v) is 3.25. The first-order valence-electron chi connectivity index (χ1n) is 10.4. The summed E-state index contributed by atoms with van der Waals surface area (Å²) in [4.78, 5) is 12.6. The van der Waals surface area contributed by atoms with Gasteiger partial charge < -0.3 is 19.2 Å². The molecule has 4 rings (SSSR count). The van der Waals surface area contributed by atoms with Crippen molar-refractivity contribution in [3.63, 3.8) is 0 Å². The predicted molar refractivity (Wildman–Crippen MR) is 122 cm³/mol. The molecule has 3 aromatic rings. The van der Waals surface area contributed by atoms with E-state index in [-0.39, 0.29) is 12.9 Å². The number of hydrogen-bond donors (Lipinski definition) is 1. The largest absolute Gasteiger partial charge is 0.508 e. The van der Waals surface area contributed by atoms with Crippen molar-refractivity contribution in [3.05, 3.63) is 77.4 Å². The van der Waals surface area contributed by atoms with Crippen LogP contribution in [0, 0.1) is 13.8 Å². The summed E-state index contributed by atoms with van der Waals surface area (Å²) in [5.41, 5.74) is 4.28. The van der Waals surface area contributed by atoms with Gasteiger partial charge in [0.2, 0.25) is 0 Å². The highest BCUT2D eigenvalue weighted by Gasteiger charge is 2.24. The van der Waals surface area contributed by atoms with E-state index in [0.717, 1.165) is 23.0 Å². The molecule has 1 saturated heterocycles. The van der Waals surface area contributed by atoms with E-state index in [4.69, 9.17) is 14.0 Å². The topological polar surface area (TPSA) is 89.7 Å². The summed E-state index contributed by atoms with van der Waals surface area (Å²) in [5, 5.41) is 17.8. The van der Waals surface area contributed by atoms with Crippen LogP contribution in [0.5, 0.6) is 11.5 Å². The van der Waals surface area contributed by atoms with Gasteiger partial charge in [-0.05, 0) is 85.4 Å². The van der Waals surface area contributed by atoms with Gasteiger partial charge in [0.1, 0.15) is 11.5 Å². The number of carbonyl (C=O) groups excluding carboxylic acids is 1. The van der Waals surface area contributed by atoms with Crippen molar-refractivity contribution in [2.24, 2.45) is 10.2 Å². The van der Waals surface area contributed by atoms with E-state index in [2.05, 4.69) is 10.2 Å². The number of hydrogen-bond acceptors (Lipinski definition) is 7. The third-order valence-electron chi connectivity index (χ3n) is 5.28. The van der Waals surface area contributed by atoms with Crippen molar-refractivity contribution in [1.29, 1.82) is 0 Å². The third kappa shape index (κ3) is 5.04. The number of carbonyl (C=O) groups is 1. The summed E-state index contributed by atoms with van der Waals surface area (Å²) in [7, 11) is -0.387. The zero-order valence-electron chi connectivity index (χ0n) is 17.9. The van der Waals surface area contributed by atoms with Crippen LogP contribution in [0.4, 0.5) is 11.4 Å². The number of phenols is 1. The molecule has 8 heteroatoms. The molecule has 162 valence electrons. The average molecular weight is 430 g/mol. The molecule has 1 fully saturated rings.